The van der Waals surface area contributed by atoms with E-state index >= 15 is 0 Å². The number of nitrogens with one attached hydrogen (secondary N) is 1. The molecule has 0 saturated carbocycles. The largest absolute Gasteiger partial charge is 0.464 e. The van der Waals surface area contributed by atoms with E-state index in [9.17, 15) is 9.59 Å². The van der Waals surface area contributed by atoms with Gasteiger partial charge in [0.15, 0.2) is 0 Å². The van der Waals surface area contributed by atoms with Crippen LogP contribution < -0.4 is 0 Å². The number of rotatable bonds is 1. The molecule has 6 nitrogen and oxygen atoms in total. The first-order valence-corrected chi connectivity index (χ1v) is 5.96. The maximum atomic E-state index is 12.0. The van der Waals surface area contributed by atoms with Crippen molar-refractivity contribution >= 4 is 33.9 Å². The number of esters is 1. The van der Waals surface area contributed by atoms with Crippen LogP contribution in [0, 0.1) is 0 Å². The van der Waals surface area contributed by atoms with Crippen molar-refractivity contribution < 1.29 is 19.1 Å². The molecule has 0 fully saturated rings. The minimum atomic E-state index is -0.555. The summed E-state index contributed by atoms with van der Waals surface area (Å²) < 4.78 is 10.9. The second-order valence-electron chi connectivity index (χ2n) is 4.24. The summed E-state index contributed by atoms with van der Waals surface area (Å²) >= 11 is 0. The molecule has 1 N–H and O–H groups in total. The smallest absolute Gasteiger partial charge is 0.418 e. The number of benzene rings is 1. The topological polar surface area (TPSA) is 73.3 Å². The Kier molecular flexibility index (Phi) is 2.71. The van der Waals surface area contributed by atoms with Crippen LogP contribution >= 0.6 is 0 Å². The second kappa shape index (κ2) is 4.41. The number of para-hydroxylation sites is 1. The van der Waals surface area contributed by atoms with Crippen LogP contribution in [-0.4, -0.2) is 35.8 Å². The zero-order valence-corrected chi connectivity index (χ0v) is 11.0. The second-order valence-corrected chi connectivity index (χ2v) is 4.24. The molecule has 3 rings (SSSR count). The Bertz CT molecular complexity index is 828. The van der Waals surface area contributed by atoms with Crippen LogP contribution in [0.25, 0.3) is 21.8 Å². The Morgan fingerprint density at radius 3 is 2.55 bits per heavy atom. The van der Waals surface area contributed by atoms with Crippen LogP contribution in [0.5, 0.6) is 0 Å². The summed E-state index contributed by atoms with van der Waals surface area (Å²) in [4.78, 5) is 26.7. The number of carbonyl (C=O) groups excluding carboxylic acids is 2. The summed E-state index contributed by atoms with van der Waals surface area (Å²) in [7, 11) is 2.59. The van der Waals surface area contributed by atoms with E-state index in [0.29, 0.717) is 11.0 Å². The number of aromatic amines is 1. The van der Waals surface area contributed by atoms with Gasteiger partial charge in [0.05, 0.1) is 25.3 Å². The Balaban J connectivity index is 2.48. The van der Waals surface area contributed by atoms with Gasteiger partial charge < -0.3 is 14.5 Å². The molecule has 0 radical (unpaired) electrons. The summed E-state index contributed by atoms with van der Waals surface area (Å²) in [5.41, 5.74) is 1.37. The lowest BCUT2D eigenvalue weighted by Gasteiger charge is -2.04. The molecule has 2 aromatic heterocycles. The van der Waals surface area contributed by atoms with E-state index in [1.54, 1.807) is 12.3 Å². The molecule has 0 atom stereocenters. The molecule has 0 aliphatic carbocycles. The third-order valence-electron chi connectivity index (χ3n) is 3.26. The average Bonchev–Trinajstić information content (AvgIpc) is 3.03. The Hall–Kier alpha value is -2.76. The molecular weight excluding hydrogens is 260 g/mol. The third-order valence-corrected chi connectivity index (χ3v) is 3.26. The van der Waals surface area contributed by atoms with E-state index in [1.165, 1.54) is 18.8 Å². The zero-order valence-electron chi connectivity index (χ0n) is 11.0. The van der Waals surface area contributed by atoms with E-state index in [2.05, 4.69) is 4.98 Å². The van der Waals surface area contributed by atoms with E-state index < -0.39 is 12.1 Å². The zero-order chi connectivity index (χ0) is 14.3. The molecular formula is C14H12N2O4. The highest BCUT2D eigenvalue weighted by molar-refractivity contribution is 6.17. The fourth-order valence-corrected chi connectivity index (χ4v) is 2.41. The third kappa shape index (κ3) is 1.51. The lowest BCUT2D eigenvalue weighted by Crippen LogP contribution is -2.13. The number of H-pyrrole nitrogens is 1. The van der Waals surface area contributed by atoms with Crippen molar-refractivity contribution in [2.45, 2.75) is 0 Å². The maximum absolute atomic E-state index is 12.0. The fourth-order valence-electron chi connectivity index (χ4n) is 2.41. The van der Waals surface area contributed by atoms with Crippen LogP contribution in [0.15, 0.2) is 30.5 Å². The number of carbonyl (C=O) groups is 2. The number of ether oxygens (including phenoxy) is 2. The van der Waals surface area contributed by atoms with Gasteiger partial charge in [-0.25, -0.2) is 14.2 Å². The predicted molar refractivity (Wildman–Crippen MR) is 72.9 cm³/mol. The van der Waals surface area contributed by atoms with Gasteiger partial charge in [-0.15, -0.1) is 0 Å². The predicted octanol–water partition coefficient (Wildman–Crippen LogP) is 2.52. The Morgan fingerprint density at radius 2 is 1.85 bits per heavy atom. The highest BCUT2D eigenvalue weighted by atomic mass is 16.5. The minimum Gasteiger partial charge on any atom is -0.464 e. The molecule has 6 heteroatoms. The number of fused-ring (bicyclic) bond motifs is 3. The highest BCUT2D eigenvalue weighted by Gasteiger charge is 2.23. The summed E-state index contributed by atoms with van der Waals surface area (Å²) in [6, 6.07) is 7.37. The molecule has 2 heterocycles. The van der Waals surface area contributed by atoms with Crippen molar-refractivity contribution in [3.8, 4) is 0 Å². The van der Waals surface area contributed by atoms with Crippen molar-refractivity contribution in [2.24, 2.45) is 0 Å². The molecule has 0 amide bonds. The monoisotopic (exact) mass is 272 g/mol. The first-order valence-electron chi connectivity index (χ1n) is 5.96. The first kappa shape index (κ1) is 12.3. The Morgan fingerprint density at radius 1 is 1.10 bits per heavy atom. The number of hydrogen-bond donors (Lipinski definition) is 1. The van der Waals surface area contributed by atoms with Crippen LogP contribution in [0.2, 0.25) is 0 Å². The SMILES string of the molecule is COC(=O)c1[nH]cc2c3ccccc3n(C(=O)OC)c12. The molecule has 0 aliphatic rings. The van der Waals surface area contributed by atoms with Gasteiger partial charge in [0.2, 0.25) is 0 Å². The van der Waals surface area contributed by atoms with Gasteiger partial charge in [-0.05, 0) is 6.07 Å². The van der Waals surface area contributed by atoms with Crippen LogP contribution in [0.1, 0.15) is 10.5 Å². The molecule has 0 spiro atoms. The summed E-state index contributed by atoms with van der Waals surface area (Å²) in [6.07, 6.45) is 1.13. The lowest BCUT2D eigenvalue weighted by atomic mass is 10.2. The van der Waals surface area contributed by atoms with Crippen molar-refractivity contribution in [3.63, 3.8) is 0 Å². The molecule has 102 valence electrons. The maximum Gasteiger partial charge on any atom is 0.418 e. The van der Waals surface area contributed by atoms with Gasteiger partial charge in [0.25, 0.3) is 0 Å². The summed E-state index contributed by atoms with van der Waals surface area (Å²) in [5.74, 6) is -0.534. The van der Waals surface area contributed by atoms with Crippen molar-refractivity contribution in [1.29, 1.82) is 0 Å². The van der Waals surface area contributed by atoms with Crippen molar-refractivity contribution in [2.75, 3.05) is 14.2 Å². The molecule has 20 heavy (non-hydrogen) atoms. The minimum absolute atomic E-state index is 0.226. The van der Waals surface area contributed by atoms with Gasteiger partial charge in [0, 0.05) is 17.0 Å². The van der Waals surface area contributed by atoms with Crippen molar-refractivity contribution in [1.82, 2.24) is 9.55 Å². The Labute approximate surface area is 113 Å². The molecule has 0 saturated heterocycles. The van der Waals surface area contributed by atoms with Crippen LogP contribution in [0.3, 0.4) is 0 Å². The van der Waals surface area contributed by atoms with Crippen LogP contribution in [-0.2, 0) is 9.47 Å². The van der Waals surface area contributed by atoms with Gasteiger partial charge in [-0.2, -0.15) is 0 Å². The molecule has 3 aromatic rings. The highest BCUT2D eigenvalue weighted by Crippen LogP contribution is 2.31. The van der Waals surface area contributed by atoms with Gasteiger partial charge in [0.1, 0.15) is 5.69 Å². The summed E-state index contributed by atoms with van der Waals surface area (Å²) in [6.45, 7) is 0. The van der Waals surface area contributed by atoms with Gasteiger partial charge >= 0.3 is 12.1 Å². The normalized spacial score (nSPS) is 10.9. The molecule has 1 aromatic carbocycles. The first-order chi connectivity index (χ1) is 9.69. The van der Waals surface area contributed by atoms with Crippen LogP contribution in [0.4, 0.5) is 4.79 Å². The average molecular weight is 272 g/mol. The molecule has 0 aliphatic heterocycles. The van der Waals surface area contributed by atoms with Gasteiger partial charge in [-0.1, -0.05) is 18.2 Å². The molecule has 0 unspecified atom stereocenters. The molecule has 0 bridgehead atoms. The number of methoxy groups -OCH3 is 2. The number of hydrogen-bond acceptors (Lipinski definition) is 4. The van der Waals surface area contributed by atoms with Crippen molar-refractivity contribution in [3.05, 3.63) is 36.2 Å². The quantitative estimate of drug-likeness (QED) is 0.691. The van der Waals surface area contributed by atoms with E-state index in [1.807, 2.05) is 18.2 Å². The number of aromatic nitrogens is 2. The summed E-state index contributed by atoms with van der Waals surface area (Å²) in [5, 5.41) is 1.63. The standard InChI is InChI=1S/C14H12N2O4/c1-19-13(17)11-12-9(7-15-11)8-5-3-4-6-10(8)16(12)14(18)20-2/h3-7,15H,1-2H3. The van der Waals surface area contributed by atoms with E-state index in [-0.39, 0.29) is 5.69 Å². The van der Waals surface area contributed by atoms with E-state index in [0.717, 1.165) is 10.8 Å². The van der Waals surface area contributed by atoms with Gasteiger partial charge in [-0.3, -0.25) is 0 Å². The fraction of sp³-hybridized carbons (Fsp3) is 0.143. The lowest BCUT2D eigenvalue weighted by molar-refractivity contribution is 0.0596. The number of nitrogens with zero attached hydrogens (tertiary/aromatic N) is 1. The van der Waals surface area contributed by atoms with E-state index in [4.69, 9.17) is 9.47 Å².